The summed E-state index contributed by atoms with van der Waals surface area (Å²) in [5, 5.41) is 12.7. The third-order valence-electron chi connectivity index (χ3n) is 4.06. The predicted octanol–water partition coefficient (Wildman–Crippen LogP) is 4.60. The first-order chi connectivity index (χ1) is 12.3. The van der Waals surface area contributed by atoms with Gasteiger partial charge in [0.1, 0.15) is 16.5 Å². The van der Waals surface area contributed by atoms with Crippen LogP contribution in [0, 0.1) is 0 Å². The zero-order valence-corrected chi connectivity index (χ0v) is 15.6. The minimum atomic E-state index is -0.627. The number of carbonyl (C=O) groups is 2. The number of halogens is 2. The van der Waals surface area contributed by atoms with Gasteiger partial charge in [0.15, 0.2) is 0 Å². The predicted molar refractivity (Wildman–Crippen MR) is 103 cm³/mol. The molecule has 2 amide bonds. The Hall–Kier alpha value is -2.50. The highest BCUT2D eigenvalue weighted by Crippen LogP contribution is 2.34. The van der Waals surface area contributed by atoms with Gasteiger partial charge in [-0.15, -0.1) is 0 Å². The Morgan fingerprint density at radius 2 is 1.65 bits per heavy atom. The van der Waals surface area contributed by atoms with Crippen LogP contribution in [0.3, 0.4) is 0 Å². The van der Waals surface area contributed by atoms with Gasteiger partial charge < -0.3 is 10.4 Å². The van der Waals surface area contributed by atoms with Gasteiger partial charge in [-0.2, -0.15) is 0 Å². The Morgan fingerprint density at radius 1 is 1.00 bits per heavy atom. The number of hydrogen-bond acceptors (Lipinski definition) is 4. The molecule has 0 bridgehead atoms. The van der Waals surface area contributed by atoms with Gasteiger partial charge in [0.25, 0.3) is 11.8 Å². The summed E-state index contributed by atoms with van der Waals surface area (Å²) in [6, 6.07) is 11.5. The molecule has 0 saturated carbocycles. The van der Waals surface area contributed by atoms with Crippen molar-refractivity contribution in [3.8, 4) is 5.75 Å². The van der Waals surface area contributed by atoms with E-state index in [1.807, 2.05) is 12.1 Å². The largest absolute Gasteiger partial charge is 0.506 e. The molecule has 1 aliphatic heterocycles. The second-order valence-corrected chi connectivity index (χ2v) is 6.98. The van der Waals surface area contributed by atoms with Crippen LogP contribution < -0.4 is 10.2 Å². The highest BCUT2D eigenvalue weighted by molar-refractivity contribution is 6.53. The van der Waals surface area contributed by atoms with E-state index in [1.54, 1.807) is 12.1 Å². The SMILES string of the molecule is CC(C)c1ccc(N2C(=O)C(Cl)=C(Nc3cc(Cl)ccc3O)C2=O)cc1. The molecule has 0 aliphatic carbocycles. The van der Waals surface area contributed by atoms with Crippen LogP contribution in [-0.4, -0.2) is 16.9 Å². The highest BCUT2D eigenvalue weighted by atomic mass is 35.5. The van der Waals surface area contributed by atoms with Crippen LogP contribution >= 0.6 is 23.2 Å². The molecule has 1 aliphatic rings. The van der Waals surface area contributed by atoms with Crippen LogP contribution in [-0.2, 0) is 9.59 Å². The molecule has 0 radical (unpaired) electrons. The third kappa shape index (κ3) is 3.28. The quantitative estimate of drug-likeness (QED) is 0.590. The molecule has 0 atom stereocenters. The van der Waals surface area contributed by atoms with Gasteiger partial charge in [0.2, 0.25) is 0 Å². The van der Waals surface area contributed by atoms with Crippen molar-refractivity contribution < 1.29 is 14.7 Å². The van der Waals surface area contributed by atoms with Crippen LogP contribution in [0.4, 0.5) is 11.4 Å². The number of phenols is 1. The van der Waals surface area contributed by atoms with Crippen molar-refractivity contribution in [2.24, 2.45) is 0 Å². The lowest BCUT2D eigenvalue weighted by atomic mass is 10.0. The number of nitrogens with one attached hydrogen (secondary N) is 1. The molecular weight excluding hydrogens is 375 g/mol. The lowest BCUT2D eigenvalue weighted by Gasteiger charge is -2.16. The molecule has 2 aromatic rings. The molecule has 1 heterocycles. The Bertz CT molecular complexity index is 921. The minimum Gasteiger partial charge on any atom is -0.506 e. The van der Waals surface area contributed by atoms with E-state index in [2.05, 4.69) is 19.2 Å². The molecule has 7 heteroatoms. The van der Waals surface area contributed by atoms with Gasteiger partial charge in [0, 0.05) is 5.02 Å². The first kappa shape index (κ1) is 18.3. The van der Waals surface area contributed by atoms with Crippen LogP contribution in [0.25, 0.3) is 0 Å². The highest BCUT2D eigenvalue weighted by Gasteiger charge is 2.39. The van der Waals surface area contributed by atoms with Crippen molar-refractivity contribution in [2.75, 3.05) is 10.2 Å². The van der Waals surface area contributed by atoms with E-state index in [-0.39, 0.29) is 22.2 Å². The topological polar surface area (TPSA) is 69.6 Å². The van der Waals surface area contributed by atoms with E-state index < -0.39 is 11.8 Å². The molecule has 26 heavy (non-hydrogen) atoms. The van der Waals surface area contributed by atoms with E-state index in [4.69, 9.17) is 23.2 Å². The van der Waals surface area contributed by atoms with E-state index in [0.29, 0.717) is 16.6 Å². The van der Waals surface area contributed by atoms with E-state index in [1.165, 1.54) is 18.2 Å². The number of rotatable bonds is 4. The van der Waals surface area contributed by atoms with Gasteiger partial charge in [0.05, 0.1) is 11.4 Å². The first-order valence-electron chi connectivity index (χ1n) is 7.93. The Balaban J connectivity index is 1.91. The average Bonchev–Trinajstić information content (AvgIpc) is 2.81. The number of benzene rings is 2. The summed E-state index contributed by atoms with van der Waals surface area (Å²) in [7, 11) is 0. The van der Waals surface area contributed by atoms with E-state index in [0.717, 1.165) is 10.5 Å². The molecule has 134 valence electrons. The Kier molecular flexibility index (Phi) is 4.94. The number of anilines is 2. The van der Waals surface area contributed by atoms with E-state index >= 15 is 0 Å². The Morgan fingerprint density at radius 3 is 2.27 bits per heavy atom. The summed E-state index contributed by atoms with van der Waals surface area (Å²) in [5.74, 6) is -1.01. The number of phenolic OH excluding ortho intramolecular Hbond substituents is 1. The van der Waals surface area contributed by atoms with Crippen molar-refractivity contribution in [1.82, 2.24) is 0 Å². The fourth-order valence-corrected chi connectivity index (χ4v) is 2.98. The second kappa shape index (κ2) is 7.02. The minimum absolute atomic E-state index is 0.109. The van der Waals surface area contributed by atoms with Gasteiger partial charge in [-0.3, -0.25) is 9.59 Å². The standard InChI is InChI=1S/C19H16Cl2N2O3/c1-10(2)11-3-6-13(7-4-11)23-18(25)16(21)17(19(23)26)22-14-9-12(20)5-8-15(14)24/h3-10,22,24H,1-2H3. The summed E-state index contributed by atoms with van der Waals surface area (Å²) < 4.78 is 0. The fourth-order valence-electron chi connectivity index (χ4n) is 2.60. The van der Waals surface area contributed by atoms with Gasteiger partial charge in [-0.1, -0.05) is 49.2 Å². The normalized spacial score (nSPS) is 14.6. The monoisotopic (exact) mass is 390 g/mol. The summed E-state index contributed by atoms with van der Waals surface area (Å²) in [5.41, 5.74) is 1.59. The van der Waals surface area contributed by atoms with Crippen molar-refractivity contribution >= 4 is 46.4 Å². The molecule has 2 aromatic carbocycles. The zero-order valence-electron chi connectivity index (χ0n) is 14.1. The van der Waals surface area contributed by atoms with Crippen LogP contribution in [0.5, 0.6) is 5.75 Å². The van der Waals surface area contributed by atoms with Crippen LogP contribution in [0.15, 0.2) is 53.2 Å². The molecular formula is C19H16Cl2N2O3. The van der Waals surface area contributed by atoms with Crippen molar-refractivity contribution in [3.05, 3.63) is 63.8 Å². The molecule has 0 unspecified atom stereocenters. The molecule has 5 nitrogen and oxygen atoms in total. The number of amides is 2. The van der Waals surface area contributed by atoms with Gasteiger partial charge in [-0.05, 0) is 41.8 Å². The number of carbonyl (C=O) groups excluding carboxylic acids is 2. The van der Waals surface area contributed by atoms with Crippen LogP contribution in [0.2, 0.25) is 5.02 Å². The maximum absolute atomic E-state index is 12.7. The van der Waals surface area contributed by atoms with E-state index in [9.17, 15) is 14.7 Å². The van der Waals surface area contributed by atoms with Crippen LogP contribution in [0.1, 0.15) is 25.3 Å². The van der Waals surface area contributed by atoms with Crippen molar-refractivity contribution in [3.63, 3.8) is 0 Å². The second-order valence-electron chi connectivity index (χ2n) is 6.17. The smallest absolute Gasteiger partial charge is 0.283 e. The number of nitrogens with zero attached hydrogens (tertiary/aromatic N) is 1. The fraction of sp³-hybridized carbons (Fsp3) is 0.158. The van der Waals surface area contributed by atoms with Crippen molar-refractivity contribution in [2.45, 2.75) is 19.8 Å². The summed E-state index contributed by atoms with van der Waals surface area (Å²) in [6.45, 7) is 4.11. The number of hydrogen-bond donors (Lipinski definition) is 2. The summed E-state index contributed by atoms with van der Waals surface area (Å²) >= 11 is 12.0. The maximum atomic E-state index is 12.7. The lowest BCUT2D eigenvalue weighted by Crippen LogP contribution is -2.32. The maximum Gasteiger partial charge on any atom is 0.283 e. The summed E-state index contributed by atoms with van der Waals surface area (Å²) in [4.78, 5) is 26.2. The molecule has 0 saturated heterocycles. The van der Waals surface area contributed by atoms with Gasteiger partial charge >= 0.3 is 0 Å². The molecule has 0 aromatic heterocycles. The first-order valence-corrected chi connectivity index (χ1v) is 8.69. The molecule has 0 fully saturated rings. The summed E-state index contributed by atoms with van der Waals surface area (Å²) in [6.07, 6.45) is 0. The molecule has 3 rings (SSSR count). The Labute approximate surface area is 160 Å². The van der Waals surface area contributed by atoms with Gasteiger partial charge in [-0.25, -0.2) is 4.90 Å². The average molecular weight is 391 g/mol. The van der Waals surface area contributed by atoms with Crippen molar-refractivity contribution in [1.29, 1.82) is 0 Å². The molecule has 0 spiro atoms. The third-order valence-corrected chi connectivity index (χ3v) is 4.65. The molecule has 2 N–H and O–H groups in total. The zero-order chi connectivity index (χ0) is 19.0. The lowest BCUT2D eigenvalue weighted by molar-refractivity contribution is -0.120. The number of imide groups is 1. The number of aromatic hydroxyl groups is 1.